The highest BCUT2D eigenvalue weighted by Gasteiger charge is 2.51. The zero-order valence-corrected chi connectivity index (χ0v) is 20.4. The van der Waals surface area contributed by atoms with Crippen LogP contribution >= 0.6 is 11.8 Å². The molecule has 34 heavy (non-hydrogen) atoms. The maximum absolute atomic E-state index is 12.9. The molecule has 0 radical (unpaired) electrons. The van der Waals surface area contributed by atoms with Gasteiger partial charge in [-0.3, -0.25) is 14.4 Å². The molecule has 8 heteroatoms. The molecular formula is C26H32N4O3S. The molecule has 1 heterocycles. The Hall–Kier alpha value is -2.61. The molecule has 2 aromatic rings. The average Bonchev–Trinajstić information content (AvgIpc) is 2.77. The van der Waals surface area contributed by atoms with Gasteiger partial charge in [-0.15, -0.1) is 0 Å². The van der Waals surface area contributed by atoms with Gasteiger partial charge < -0.3 is 16.0 Å². The number of carbonyl (C=O) groups excluding carboxylic acids is 2. The maximum atomic E-state index is 12.9. The molecule has 0 unspecified atom stereocenters. The summed E-state index contributed by atoms with van der Waals surface area (Å²) in [6.45, 7) is 2.01. The van der Waals surface area contributed by atoms with E-state index in [9.17, 15) is 14.4 Å². The number of benzene rings is 1. The Kier molecular flexibility index (Phi) is 6.27. The fourth-order valence-electron chi connectivity index (χ4n) is 7.01. The largest absolute Gasteiger partial charge is 0.366 e. The van der Waals surface area contributed by atoms with E-state index >= 15 is 0 Å². The number of amides is 2. The molecule has 4 fully saturated rings. The van der Waals surface area contributed by atoms with Gasteiger partial charge in [-0.1, -0.05) is 18.7 Å². The van der Waals surface area contributed by atoms with Crippen LogP contribution < -0.4 is 16.6 Å². The van der Waals surface area contributed by atoms with Crippen LogP contribution in [0.2, 0.25) is 0 Å². The van der Waals surface area contributed by atoms with Crippen LogP contribution in [0.25, 0.3) is 0 Å². The Morgan fingerprint density at radius 3 is 2.29 bits per heavy atom. The zero-order chi connectivity index (χ0) is 23.9. The lowest BCUT2D eigenvalue weighted by atomic mass is 9.48. The third-order valence-electron chi connectivity index (χ3n) is 7.93. The quantitative estimate of drug-likeness (QED) is 0.391. The van der Waals surface area contributed by atoms with E-state index in [0.717, 1.165) is 35.4 Å². The Labute approximate surface area is 203 Å². The van der Waals surface area contributed by atoms with Gasteiger partial charge in [0.2, 0.25) is 11.8 Å². The Morgan fingerprint density at radius 1 is 1.12 bits per heavy atom. The lowest BCUT2D eigenvalue weighted by Gasteiger charge is -2.57. The number of aromatic amines is 1. The minimum atomic E-state index is -0.511. The number of nitrogens with one attached hydrogen (secondary N) is 2. The summed E-state index contributed by atoms with van der Waals surface area (Å²) < 4.78 is 0. The van der Waals surface area contributed by atoms with Crippen LogP contribution in [0.4, 0.5) is 5.69 Å². The number of hydrogen-bond donors (Lipinski definition) is 3. The molecule has 0 atom stereocenters. The molecule has 0 saturated heterocycles. The highest BCUT2D eigenvalue weighted by Crippen LogP contribution is 2.61. The van der Waals surface area contributed by atoms with Crippen LogP contribution in [0, 0.1) is 23.2 Å². The van der Waals surface area contributed by atoms with Crippen LogP contribution in [0.5, 0.6) is 0 Å². The topological polar surface area (TPSA) is 118 Å². The van der Waals surface area contributed by atoms with E-state index in [-0.39, 0.29) is 17.2 Å². The normalized spacial score (nSPS) is 27.0. The van der Waals surface area contributed by atoms with Crippen molar-refractivity contribution in [3.8, 4) is 0 Å². The number of rotatable bonds is 8. The number of primary amides is 1. The first-order valence-electron chi connectivity index (χ1n) is 12.3. The van der Waals surface area contributed by atoms with E-state index in [4.69, 9.17) is 10.7 Å². The molecule has 180 valence electrons. The summed E-state index contributed by atoms with van der Waals surface area (Å²) in [5.74, 6) is 1.97. The number of hydrogen-bond acceptors (Lipinski definition) is 5. The summed E-state index contributed by atoms with van der Waals surface area (Å²) in [4.78, 5) is 44.2. The van der Waals surface area contributed by atoms with Crippen molar-refractivity contribution in [2.75, 3.05) is 11.1 Å². The lowest BCUT2D eigenvalue weighted by Crippen LogP contribution is -2.47. The number of H-pyrrole nitrogens is 1. The SMILES string of the molecule is CCc1c(CC23CC4CC(CC(C4)C2)C3)nc(SCC(=O)Nc2ccc(C(N)=O)cc2)[nH]c1=O. The third-order valence-corrected chi connectivity index (χ3v) is 8.81. The molecule has 1 aromatic heterocycles. The average molecular weight is 481 g/mol. The van der Waals surface area contributed by atoms with Crippen molar-refractivity contribution < 1.29 is 9.59 Å². The zero-order valence-electron chi connectivity index (χ0n) is 19.6. The van der Waals surface area contributed by atoms with Gasteiger partial charge in [-0.2, -0.15) is 0 Å². The summed E-state index contributed by atoms with van der Waals surface area (Å²) in [5.41, 5.74) is 8.16. The monoisotopic (exact) mass is 480 g/mol. The van der Waals surface area contributed by atoms with Gasteiger partial charge in [-0.05, 0) is 98.8 Å². The van der Waals surface area contributed by atoms with Gasteiger partial charge in [0.15, 0.2) is 5.16 Å². The van der Waals surface area contributed by atoms with Crippen molar-refractivity contribution in [2.24, 2.45) is 28.9 Å². The summed E-state index contributed by atoms with van der Waals surface area (Å²) in [5, 5.41) is 3.30. The summed E-state index contributed by atoms with van der Waals surface area (Å²) in [7, 11) is 0. The van der Waals surface area contributed by atoms with Crippen LogP contribution in [0.1, 0.15) is 67.1 Å². The number of carbonyl (C=O) groups is 2. The predicted molar refractivity (Wildman–Crippen MR) is 133 cm³/mol. The van der Waals surface area contributed by atoms with Crippen LogP contribution in [0.3, 0.4) is 0 Å². The number of nitrogens with two attached hydrogens (primary N) is 1. The maximum Gasteiger partial charge on any atom is 0.254 e. The van der Waals surface area contributed by atoms with E-state index < -0.39 is 5.91 Å². The fraction of sp³-hybridized carbons (Fsp3) is 0.538. The first-order chi connectivity index (χ1) is 16.3. The summed E-state index contributed by atoms with van der Waals surface area (Å²) >= 11 is 1.24. The standard InChI is InChI=1S/C26H32N4O3S/c1-2-20-21(13-26-10-15-7-16(11-26)9-17(8-15)12-26)29-25(30-24(20)33)34-14-22(31)28-19-5-3-18(4-6-19)23(27)32/h3-6,15-17H,2,7-14H2,1H3,(H2,27,32)(H,28,31)(H,29,30,33). The summed E-state index contributed by atoms with van der Waals surface area (Å²) in [6.07, 6.45) is 9.55. The van der Waals surface area contributed by atoms with E-state index in [1.807, 2.05) is 6.92 Å². The second kappa shape index (κ2) is 9.21. The van der Waals surface area contributed by atoms with Gasteiger partial charge >= 0.3 is 0 Å². The molecule has 2 amide bonds. The van der Waals surface area contributed by atoms with E-state index in [2.05, 4.69) is 10.3 Å². The van der Waals surface area contributed by atoms with E-state index in [0.29, 0.717) is 28.2 Å². The Morgan fingerprint density at radius 2 is 1.74 bits per heavy atom. The minimum absolute atomic E-state index is 0.0813. The Bertz CT molecular complexity index is 1120. The van der Waals surface area contributed by atoms with Gasteiger partial charge in [0.25, 0.3) is 5.56 Å². The number of anilines is 1. The first-order valence-corrected chi connectivity index (χ1v) is 13.3. The molecule has 4 bridgehead atoms. The highest BCUT2D eigenvalue weighted by atomic mass is 32.2. The van der Waals surface area contributed by atoms with Crippen molar-refractivity contribution in [3.05, 3.63) is 51.4 Å². The molecule has 0 spiro atoms. The second-order valence-electron chi connectivity index (χ2n) is 10.5. The van der Waals surface area contributed by atoms with Crippen molar-refractivity contribution in [1.82, 2.24) is 9.97 Å². The van der Waals surface area contributed by atoms with Crippen LogP contribution in [0.15, 0.2) is 34.2 Å². The lowest BCUT2D eigenvalue weighted by molar-refractivity contribution is -0.113. The molecule has 7 nitrogen and oxygen atoms in total. The van der Waals surface area contributed by atoms with Gasteiger partial charge in [-0.25, -0.2) is 4.98 Å². The van der Waals surface area contributed by atoms with Gasteiger partial charge in [0.05, 0.1) is 11.4 Å². The first kappa shape index (κ1) is 23.1. The second-order valence-corrected chi connectivity index (χ2v) is 11.5. The number of thioether (sulfide) groups is 1. The highest BCUT2D eigenvalue weighted by molar-refractivity contribution is 7.99. The van der Waals surface area contributed by atoms with Crippen LogP contribution in [-0.2, 0) is 17.6 Å². The van der Waals surface area contributed by atoms with Crippen molar-refractivity contribution in [3.63, 3.8) is 0 Å². The molecular weight excluding hydrogens is 448 g/mol. The molecule has 4 aliphatic carbocycles. The van der Waals surface area contributed by atoms with E-state index in [1.54, 1.807) is 24.3 Å². The minimum Gasteiger partial charge on any atom is -0.366 e. The molecule has 6 rings (SSSR count). The molecule has 4 aliphatic rings. The predicted octanol–water partition coefficient (Wildman–Crippen LogP) is 3.92. The molecule has 0 aliphatic heterocycles. The number of aromatic nitrogens is 2. The molecule has 4 saturated carbocycles. The van der Waals surface area contributed by atoms with Crippen LogP contribution in [-0.4, -0.2) is 27.5 Å². The number of nitrogens with zero attached hydrogens (tertiary/aromatic N) is 1. The molecule has 1 aromatic carbocycles. The fourth-order valence-corrected chi connectivity index (χ4v) is 7.69. The summed E-state index contributed by atoms with van der Waals surface area (Å²) in [6, 6.07) is 6.43. The smallest absolute Gasteiger partial charge is 0.254 e. The van der Waals surface area contributed by atoms with Crippen molar-refractivity contribution in [1.29, 1.82) is 0 Å². The van der Waals surface area contributed by atoms with Crippen molar-refractivity contribution >= 4 is 29.3 Å². The third kappa shape index (κ3) is 4.78. The van der Waals surface area contributed by atoms with Gasteiger partial charge in [0.1, 0.15) is 0 Å². The van der Waals surface area contributed by atoms with Gasteiger partial charge in [0, 0.05) is 16.8 Å². The molecule has 4 N–H and O–H groups in total. The Balaban J connectivity index is 1.27. The van der Waals surface area contributed by atoms with Crippen molar-refractivity contribution in [2.45, 2.75) is 63.4 Å². The van der Waals surface area contributed by atoms with E-state index in [1.165, 1.54) is 50.3 Å².